The molecule has 0 radical (unpaired) electrons. The number of nitrogens with one attached hydrogen (secondary N) is 1. The molecule has 0 aliphatic carbocycles. The average molecular weight is 364 g/mol. The first-order valence-electron chi connectivity index (χ1n) is 8.26. The molecule has 2 unspecified atom stereocenters. The van der Waals surface area contributed by atoms with Crippen molar-refractivity contribution in [3.63, 3.8) is 0 Å². The van der Waals surface area contributed by atoms with Crippen LogP contribution in [0.1, 0.15) is 19.8 Å². The molecule has 2 N–H and O–H groups in total. The number of carbonyl (C=O) groups is 3. The number of hydrogen-bond acceptors (Lipinski definition) is 5. The number of ether oxygens (including phenoxy) is 2. The first kappa shape index (κ1) is 19.7. The van der Waals surface area contributed by atoms with Crippen molar-refractivity contribution < 1.29 is 29.0 Å². The number of benzene rings is 1. The Balaban J connectivity index is 2.11. The van der Waals surface area contributed by atoms with Crippen LogP contribution in [0.5, 0.6) is 5.75 Å². The zero-order valence-electron chi connectivity index (χ0n) is 15.2. The second-order valence-corrected chi connectivity index (χ2v) is 6.63. The van der Waals surface area contributed by atoms with Gasteiger partial charge in [-0.1, -0.05) is 12.1 Å². The van der Waals surface area contributed by atoms with E-state index >= 15 is 0 Å². The Morgan fingerprint density at radius 3 is 2.65 bits per heavy atom. The van der Waals surface area contributed by atoms with Gasteiger partial charge in [0, 0.05) is 20.1 Å². The summed E-state index contributed by atoms with van der Waals surface area (Å²) in [5.74, 6) is -1.60. The van der Waals surface area contributed by atoms with Crippen LogP contribution in [-0.2, 0) is 19.1 Å². The maximum absolute atomic E-state index is 12.6. The van der Waals surface area contributed by atoms with Crippen molar-refractivity contribution in [1.29, 1.82) is 0 Å². The summed E-state index contributed by atoms with van der Waals surface area (Å²) in [6, 6.07) is 7.10. The van der Waals surface area contributed by atoms with Gasteiger partial charge in [0.1, 0.15) is 5.75 Å². The van der Waals surface area contributed by atoms with Gasteiger partial charge in [-0.25, -0.2) is 0 Å². The molecule has 142 valence electrons. The van der Waals surface area contributed by atoms with Gasteiger partial charge in [-0.05, 0) is 19.1 Å². The number of anilines is 1. The highest BCUT2D eigenvalue weighted by Gasteiger charge is 2.39. The first-order valence-corrected chi connectivity index (χ1v) is 8.26. The number of aliphatic carboxylic acids is 1. The Morgan fingerprint density at radius 2 is 2.04 bits per heavy atom. The molecule has 1 heterocycles. The Morgan fingerprint density at radius 1 is 1.35 bits per heavy atom. The summed E-state index contributed by atoms with van der Waals surface area (Å²) in [5, 5.41) is 11.8. The number of carbonyl (C=O) groups excluding carboxylic acids is 2. The number of amides is 2. The van der Waals surface area contributed by atoms with Crippen molar-refractivity contribution >= 4 is 23.5 Å². The van der Waals surface area contributed by atoms with E-state index in [0.29, 0.717) is 11.4 Å². The number of nitrogens with zero attached hydrogens (tertiary/aromatic N) is 1. The lowest BCUT2D eigenvalue weighted by molar-refractivity contribution is -0.140. The number of carboxylic acids is 1. The molecular weight excluding hydrogens is 340 g/mol. The number of hydrogen-bond donors (Lipinski definition) is 2. The number of para-hydroxylation sites is 2. The van der Waals surface area contributed by atoms with Crippen LogP contribution in [0.3, 0.4) is 0 Å². The Labute approximate surface area is 152 Å². The van der Waals surface area contributed by atoms with Gasteiger partial charge in [0.2, 0.25) is 11.8 Å². The molecule has 2 rings (SSSR count). The predicted octanol–water partition coefficient (Wildman–Crippen LogP) is 1.04. The summed E-state index contributed by atoms with van der Waals surface area (Å²) < 4.78 is 10.3. The van der Waals surface area contributed by atoms with E-state index in [1.54, 1.807) is 31.2 Å². The van der Waals surface area contributed by atoms with Crippen molar-refractivity contribution in [3.8, 4) is 5.75 Å². The largest absolute Gasteiger partial charge is 0.495 e. The Hall–Kier alpha value is -2.61. The highest BCUT2D eigenvalue weighted by molar-refractivity contribution is 6.01. The van der Waals surface area contributed by atoms with Gasteiger partial charge >= 0.3 is 5.97 Å². The van der Waals surface area contributed by atoms with Crippen LogP contribution in [0.4, 0.5) is 5.69 Å². The lowest BCUT2D eigenvalue weighted by Crippen LogP contribution is -2.52. The van der Waals surface area contributed by atoms with Gasteiger partial charge in [0.15, 0.2) is 0 Å². The summed E-state index contributed by atoms with van der Waals surface area (Å²) in [7, 11) is 2.96. The van der Waals surface area contributed by atoms with E-state index in [2.05, 4.69) is 5.32 Å². The van der Waals surface area contributed by atoms with Crippen LogP contribution in [-0.4, -0.2) is 55.8 Å². The highest BCUT2D eigenvalue weighted by Crippen LogP contribution is 2.33. The quantitative estimate of drug-likeness (QED) is 0.714. The topological polar surface area (TPSA) is 105 Å². The molecule has 0 spiro atoms. The molecule has 0 aromatic heterocycles. The molecule has 2 amide bonds. The van der Waals surface area contributed by atoms with E-state index in [0.717, 1.165) is 0 Å². The molecule has 8 heteroatoms. The second kappa shape index (κ2) is 8.18. The summed E-state index contributed by atoms with van der Waals surface area (Å²) >= 11 is 0. The standard InChI is InChI=1S/C18H24N2O6/c1-18(11-25-2,9-16(22)23)19-17(24)12-8-15(21)20(10-12)13-6-4-5-7-14(13)26-3/h4-7,12H,8-11H2,1-3H3,(H,19,24)(H,22,23). The number of rotatable bonds is 8. The molecule has 26 heavy (non-hydrogen) atoms. The summed E-state index contributed by atoms with van der Waals surface area (Å²) in [5.41, 5.74) is -0.432. The average Bonchev–Trinajstić information content (AvgIpc) is 2.95. The molecule has 2 atom stereocenters. The minimum absolute atomic E-state index is 0.0556. The van der Waals surface area contributed by atoms with E-state index in [4.69, 9.17) is 14.6 Å². The predicted molar refractivity (Wildman–Crippen MR) is 94.1 cm³/mol. The lowest BCUT2D eigenvalue weighted by Gasteiger charge is -2.29. The van der Waals surface area contributed by atoms with E-state index in [1.165, 1.54) is 19.1 Å². The van der Waals surface area contributed by atoms with Crippen LogP contribution < -0.4 is 15.0 Å². The molecule has 1 aliphatic rings. The van der Waals surface area contributed by atoms with Gasteiger partial charge in [-0.2, -0.15) is 0 Å². The summed E-state index contributed by atoms with van der Waals surface area (Å²) in [4.78, 5) is 37.6. The minimum atomic E-state index is -1.04. The molecule has 0 saturated carbocycles. The Bertz CT molecular complexity index is 692. The summed E-state index contributed by atoms with van der Waals surface area (Å²) in [6.45, 7) is 1.88. The van der Waals surface area contributed by atoms with E-state index in [9.17, 15) is 14.4 Å². The fourth-order valence-electron chi connectivity index (χ4n) is 3.15. The zero-order chi connectivity index (χ0) is 19.3. The minimum Gasteiger partial charge on any atom is -0.495 e. The van der Waals surface area contributed by atoms with Gasteiger partial charge in [-0.3, -0.25) is 14.4 Å². The van der Waals surface area contributed by atoms with Crippen molar-refractivity contribution in [1.82, 2.24) is 5.32 Å². The maximum atomic E-state index is 12.6. The van der Waals surface area contributed by atoms with Crippen LogP contribution in [0.2, 0.25) is 0 Å². The van der Waals surface area contributed by atoms with Crippen LogP contribution >= 0.6 is 0 Å². The van der Waals surface area contributed by atoms with Gasteiger partial charge < -0.3 is 24.8 Å². The molecule has 1 aliphatic heterocycles. The number of methoxy groups -OCH3 is 2. The van der Waals surface area contributed by atoms with Crippen LogP contribution in [0.25, 0.3) is 0 Å². The molecule has 8 nitrogen and oxygen atoms in total. The van der Waals surface area contributed by atoms with Gasteiger partial charge in [0.05, 0.1) is 37.3 Å². The molecule has 1 fully saturated rings. The molecule has 1 aromatic rings. The zero-order valence-corrected chi connectivity index (χ0v) is 15.2. The first-order chi connectivity index (χ1) is 12.3. The van der Waals surface area contributed by atoms with Gasteiger partial charge in [-0.15, -0.1) is 0 Å². The molecule has 0 bridgehead atoms. The highest BCUT2D eigenvalue weighted by atomic mass is 16.5. The third-order valence-electron chi connectivity index (χ3n) is 4.30. The van der Waals surface area contributed by atoms with Crippen molar-refractivity contribution in [2.45, 2.75) is 25.3 Å². The van der Waals surface area contributed by atoms with Crippen LogP contribution in [0.15, 0.2) is 24.3 Å². The monoisotopic (exact) mass is 364 g/mol. The van der Waals surface area contributed by atoms with Crippen molar-refractivity contribution in [3.05, 3.63) is 24.3 Å². The van der Waals surface area contributed by atoms with Crippen molar-refractivity contribution in [2.24, 2.45) is 5.92 Å². The van der Waals surface area contributed by atoms with Crippen molar-refractivity contribution in [2.75, 3.05) is 32.3 Å². The third kappa shape index (κ3) is 4.51. The van der Waals surface area contributed by atoms with E-state index < -0.39 is 17.4 Å². The summed E-state index contributed by atoms with van der Waals surface area (Å²) in [6.07, 6.45) is -0.219. The van der Waals surface area contributed by atoms with E-state index in [1.807, 2.05) is 0 Å². The SMILES string of the molecule is COCC(C)(CC(=O)O)NC(=O)C1CC(=O)N(c2ccccc2OC)C1. The van der Waals surface area contributed by atoms with Crippen LogP contribution in [0, 0.1) is 5.92 Å². The smallest absolute Gasteiger partial charge is 0.305 e. The van der Waals surface area contributed by atoms with Gasteiger partial charge in [0.25, 0.3) is 0 Å². The van der Waals surface area contributed by atoms with E-state index in [-0.39, 0.29) is 37.8 Å². The fourth-order valence-corrected chi connectivity index (χ4v) is 3.15. The third-order valence-corrected chi connectivity index (χ3v) is 4.30. The maximum Gasteiger partial charge on any atom is 0.305 e. The molecular formula is C18H24N2O6. The normalized spacial score (nSPS) is 19.1. The molecule has 1 saturated heterocycles. The number of carboxylic acid groups (broad SMARTS) is 1. The second-order valence-electron chi connectivity index (χ2n) is 6.63. The lowest BCUT2D eigenvalue weighted by atomic mass is 9.97. The fraction of sp³-hybridized carbons (Fsp3) is 0.500. The Kier molecular flexibility index (Phi) is 6.20. The molecule has 1 aromatic carbocycles.